The number of methoxy groups -OCH3 is 5. The maximum atomic E-state index is 14.1. The summed E-state index contributed by atoms with van der Waals surface area (Å²) in [5.74, 6) is 1.13. The lowest BCUT2D eigenvalue weighted by Crippen LogP contribution is -2.27. The van der Waals surface area contributed by atoms with E-state index in [0.29, 0.717) is 63.2 Å². The van der Waals surface area contributed by atoms with Crippen molar-refractivity contribution in [2.45, 2.75) is 6.92 Å². The van der Waals surface area contributed by atoms with Crippen LogP contribution in [-0.2, 0) is 4.74 Å². The molecule has 0 aliphatic rings. The van der Waals surface area contributed by atoms with Crippen molar-refractivity contribution in [3.63, 3.8) is 0 Å². The van der Waals surface area contributed by atoms with Crippen LogP contribution in [0.15, 0.2) is 53.3 Å². The van der Waals surface area contributed by atoms with Gasteiger partial charge in [0.1, 0.15) is 5.69 Å². The summed E-state index contributed by atoms with van der Waals surface area (Å²) in [5.41, 5.74) is 7.23. The first kappa shape index (κ1) is 27.2. The Kier molecular flexibility index (Phi) is 7.85. The van der Waals surface area contributed by atoms with Crippen LogP contribution in [0.5, 0.6) is 28.7 Å². The standard InChI is InChI=1S/C29H30N2O8/c1-7-39-22-14-19-20(15-21(22)34-2)28(32)31(18-10-8-17(30)9-11-18)26(29(33)38-6)25(19)16-12-23(35-3)27(37-5)24(13-16)36-4/h8-15H,7,30H2,1-6H3. The van der Waals surface area contributed by atoms with Gasteiger partial charge in [-0.15, -0.1) is 0 Å². The number of fused-ring (bicyclic) bond motifs is 1. The Balaban J connectivity index is 2.29. The van der Waals surface area contributed by atoms with Gasteiger partial charge in [-0.2, -0.15) is 0 Å². The Hall–Kier alpha value is -4.86. The normalized spacial score (nSPS) is 10.7. The molecule has 39 heavy (non-hydrogen) atoms. The zero-order chi connectivity index (χ0) is 28.3. The summed E-state index contributed by atoms with van der Waals surface area (Å²) >= 11 is 0. The molecule has 0 bridgehead atoms. The summed E-state index contributed by atoms with van der Waals surface area (Å²) < 4.78 is 34.5. The second-order valence-electron chi connectivity index (χ2n) is 8.34. The second kappa shape index (κ2) is 11.3. The van der Waals surface area contributed by atoms with E-state index in [1.165, 1.54) is 40.1 Å². The third-order valence-electron chi connectivity index (χ3n) is 6.25. The van der Waals surface area contributed by atoms with Gasteiger partial charge in [0.2, 0.25) is 5.75 Å². The molecule has 2 N–H and O–H groups in total. The number of nitrogens with zero attached hydrogens (tertiary/aromatic N) is 1. The Morgan fingerprint density at radius 1 is 0.795 bits per heavy atom. The molecular formula is C29H30N2O8. The first-order valence-electron chi connectivity index (χ1n) is 12.0. The first-order chi connectivity index (χ1) is 18.8. The second-order valence-corrected chi connectivity index (χ2v) is 8.34. The number of aromatic nitrogens is 1. The number of esters is 1. The number of hydrogen-bond donors (Lipinski definition) is 1. The summed E-state index contributed by atoms with van der Waals surface area (Å²) in [6, 6.07) is 13.3. The monoisotopic (exact) mass is 534 g/mol. The van der Waals surface area contributed by atoms with Crippen molar-refractivity contribution in [1.29, 1.82) is 0 Å². The Morgan fingerprint density at radius 2 is 1.38 bits per heavy atom. The number of ether oxygens (including phenoxy) is 6. The molecule has 4 rings (SSSR count). The SMILES string of the molecule is CCOc1cc2c(-c3cc(OC)c(OC)c(OC)c3)c(C(=O)OC)n(-c3ccc(N)cc3)c(=O)c2cc1OC. The lowest BCUT2D eigenvalue weighted by Gasteiger charge is -2.21. The van der Waals surface area contributed by atoms with E-state index in [4.69, 9.17) is 34.2 Å². The van der Waals surface area contributed by atoms with Crippen LogP contribution in [0.2, 0.25) is 0 Å². The fraction of sp³-hybridized carbons (Fsp3) is 0.241. The van der Waals surface area contributed by atoms with Crippen LogP contribution in [0.3, 0.4) is 0 Å². The summed E-state index contributed by atoms with van der Waals surface area (Å²) in [7, 11) is 7.23. The van der Waals surface area contributed by atoms with E-state index in [1.807, 2.05) is 6.92 Å². The third-order valence-corrected chi connectivity index (χ3v) is 6.25. The number of benzene rings is 3. The van der Waals surface area contributed by atoms with Gasteiger partial charge in [-0.3, -0.25) is 9.36 Å². The van der Waals surface area contributed by atoms with Gasteiger partial charge < -0.3 is 34.2 Å². The number of carbonyl (C=O) groups excluding carboxylic acids is 1. The van der Waals surface area contributed by atoms with Crippen LogP contribution in [0.4, 0.5) is 5.69 Å². The van der Waals surface area contributed by atoms with Gasteiger partial charge in [0, 0.05) is 22.3 Å². The number of nitrogens with two attached hydrogens (primary N) is 1. The minimum Gasteiger partial charge on any atom is -0.493 e. The molecular weight excluding hydrogens is 504 g/mol. The first-order valence-corrected chi connectivity index (χ1v) is 12.0. The lowest BCUT2D eigenvalue weighted by molar-refractivity contribution is 0.0591. The molecule has 0 aliphatic heterocycles. The van der Waals surface area contributed by atoms with Crippen LogP contribution < -0.4 is 35.0 Å². The summed E-state index contributed by atoms with van der Waals surface area (Å²) in [6.07, 6.45) is 0. The van der Waals surface area contributed by atoms with Gasteiger partial charge in [-0.05, 0) is 61.0 Å². The van der Waals surface area contributed by atoms with E-state index in [1.54, 1.807) is 48.5 Å². The van der Waals surface area contributed by atoms with Crippen molar-refractivity contribution < 1.29 is 33.2 Å². The van der Waals surface area contributed by atoms with Crippen molar-refractivity contribution in [2.24, 2.45) is 0 Å². The highest BCUT2D eigenvalue weighted by atomic mass is 16.5. The minimum absolute atomic E-state index is 0.0124. The molecule has 0 radical (unpaired) electrons. The molecule has 10 heteroatoms. The highest BCUT2D eigenvalue weighted by Crippen LogP contribution is 2.45. The van der Waals surface area contributed by atoms with E-state index in [0.717, 1.165) is 0 Å². The van der Waals surface area contributed by atoms with Gasteiger partial charge in [0.05, 0.1) is 47.5 Å². The highest BCUT2D eigenvalue weighted by Gasteiger charge is 2.28. The van der Waals surface area contributed by atoms with Gasteiger partial charge in [0.25, 0.3) is 5.56 Å². The lowest BCUT2D eigenvalue weighted by atomic mass is 9.95. The van der Waals surface area contributed by atoms with E-state index in [-0.39, 0.29) is 11.1 Å². The summed E-state index contributed by atoms with van der Waals surface area (Å²) in [6.45, 7) is 2.19. The average molecular weight is 535 g/mol. The van der Waals surface area contributed by atoms with Crippen LogP contribution in [0, 0.1) is 0 Å². The molecule has 0 amide bonds. The predicted octanol–water partition coefficient (Wildman–Crippen LogP) is 4.46. The molecule has 0 saturated carbocycles. The van der Waals surface area contributed by atoms with Crippen molar-refractivity contribution in [3.05, 3.63) is 64.6 Å². The molecule has 0 aliphatic carbocycles. The molecule has 0 spiro atoms. The van der Waals surface area contributed by atoms with Gasteiger partial charge in [-0.25, -0.2) is 4.79 Å². The quantitative estimate of drug-likeness (QED) is 0.245. The molecule has 1 heterocycles. The number of nitrogen functional groups attached to an aromatic ring is 1. The highest BCUT2D eigenvalue weighted by molar-refractivity contribution is 6.08. The zero-order valence-electron chi connectivity index (χ0n) is 22.6. The number of hydrogen-bond acceptors (Lipinski definition) is 9. The fourth-order valence-electron chi connectivity index (χ4n) is 4.51. The van der Waals surface area contributed by atoms with Gasteiger partial charge in [0.15, 0.2) is 23.0 Å². The topological polar surface area (TPSA) is 120 Å². The molecule has 0 atom stereocenters. The maximum Gasteiger partial charge on any atom is 0.355 e. The van der Waals surface area contributed by atoms with E-state index in [9.17, 15) is 9.59 Å². The molecule has 10 nitrogen and oxygen atoms in total. The molecule has 4 aromatic rings. The predicted molar refractivity (Wildman–Crippen MR) is 148 cm³/mol. The van der Waals surface area contributed by atoms with Crippen LogP contribution in [0.25, 0.3) is 27.6 Å². The largest absolute Gasteiger partial charge is 0.493 e. The van der Waals surface area contributed by atoms with Crippen LogP contribution in [-0.4, -0.2) is 52.7 Å². The van der Waals surface area contributed by atoms with Crippen molar-refractivity contribution in [3.8, 4) is 45.6 Å². The third kappa shape index (κ3) is 4.76. The smallest absolute Gasteiger partial charge is 0.355 e. The Bertz CT molecular complexity index is 1570. The number of carbonyl (C=O) groups is 1. The number of rotatable bonds is 9. The Labute approximate surface area is 225 Å². The molecule has 1 aromatic heterocycles. The molecule has 3 aromatic carbocycles. The van der Waals surface area contributed by atoms with Crippen LogP contribution >= 0.6 is 0 Å². The average Bonchev–Trinajstić information content (AvgIpc) is 2.96. The van der Waals surface area contributed by atoms with E-state index >= 15 is 0 Å². The molecule has 204 valence electrons. The van der Waals surface area contributed by atoms with Crippen molar-refractivity contribution >= 4 is 22.4 Å². The molecule has 0 unspecified atom stereocenters. The Morgan fingerprint density at radius 3 is 1.90 bits per heavy atom. The van der Waals surface area contributed by atoms with E-state index < -0.39 is 11.5 Å². The number of pyridine rings is 1. The fourth-order valence-corrected chi connectivity index (χ4v) is 4.51. The summed E-state index contributed by atoms with van der Waals surface area (Å²) in [4.78, 5) is 27.6. The van der Waals surface area contributed by atoms with Crippen LogP contribution in [0.1, 0.15) is 17.4 Å². The molecule has 0 saturated heterocycles. The van der Waals surface area contributed by atoms with Crippen molar-refractivity contribution in [2.75, 3.05) is 47.9 Å². The van der Waals surface area contributed by atoms with E-state index in [2.05, 4.69) is 0 Å². The number of anilines is 1. The van der Waals surface area contributed by atoms with Gasteiger partial charge >= 0.3 is 5.97 Å². The minimum atomic E-state index is -0.733. The van der Waals surface area contributed by atoms with Gasteiger partial charge in [-0.1, -0.05) is 0 Å². The maximum absolute atomic E-state index is 14.1. The summed E-state index contributed by atoms with van der Waals surface area (Å²) in [5, 5.41) is 0.717. The van der Waals surface area contributed by atoms with Crippen molar-refractivity contribution in [1.82, 2.24) is 4.57 Å². The molecule has 0 fully saturated rings. The zero-order valence-corrected chi connectivity index (χ0v) is 22.6.